The Hall–Kier alpha value is -1.64. The van der Waals surface area contributed by atoms with E-state index in [9.17, 15) is 13.2 Å². The molecule has 1 aromatic carbocycles. The highest BCUT2D eigenvalue weighted by Gasteiger charge is 2.33. The normalized spacial score (nSPS) is 14.8. The Morgan fingerprint density at radius 1 is 1.28 bits per heavy atom. The maximum absolute atomic E-state index is 12.0. The van der Waals surface area contributed by atoms with Crippen molar-refractivity contribution in [3.8, 4) is 5.75 Å². The second-order valence-corrected chi connectivity index (χ2v) is 5.65. The van der Waals surface area contributed by atoms with Crippen LogP contribution in [0.4, 0.5) is 0 Å². The maximum Gasteiger partial charge on any atom is 0.323 e. The first kappa shape index (κ1) is 14.4. The molecule has 2 unspecified atom stereocenters. The summed E-state index contributed by atoms with van der Waals surface area (Å²) in [6, 6.07) is 3.75. The smallest absolute Gasteiger partial charge is 0.323 e. The Balaban J connectivity index is 3.09. The Morgan fingerprint density at radius 2 is 1.78 bits per heavy atom. The number of ether oxygens (including phenoxy) is 1. The Morgan fingerprint density at radius 3 is 2.17 bits per heavy atom. The van der Waals surface area contributed by atoms with Gasteiger partial charge in [0, 0.05) is 0 Å². The van der Waals surface area contributed by atoms with Gasteiger partial charge in [0.2, 0.25) is 0 Å². The van der Waals surface area contributed by atoms with Gasteiger partial charge < -0.3 is 21.3 Å². The summed E-state index contributed by atoms with van der Waals surface area (Å²) in [5.41, 5.74) is 10.6. The minimum atomic E-state index is -3.99. The van der Waals surface area contributed by atoms with Crippen molar-refractivity contribution in [2.24, 2.45) is 11.5 Å². The van der Waals surface area contributed by atoms with Gasteiger partial charge >= 0.3 is 5.97 Å². The number of benzene rings is 1. The van der Waals surface area contributed by atoms with E-state index in [-0.39, 0.29) is 4.90 Å². The molecule has 1 aromatic rings. The first-order valence-corrected chi connectivity index (χ1v) is 6.47. The third-order valence-electron chi connectivity index (χ3n) is 2.39. The first-order chi connectivity index (χ1) is 8.30. The Bertz CT molecular complexity index is 526. The highest BCUT2D eigenvalue weighted by atomic mass is 32.2. The van der Waals surface area contributed by atoms with Crippen LogP contribution in [0.2, 0.25) is 0 Å². The molecule has 7 nitrogen and oxygen atoms in total. The molecular weight excluding hydrogens is 260 g/mol. The second kappa shape index (κ2) is 5.34. The van der Waals surface area contributed by atoms with Crippen LogP contribution in [0.25, 0.3) is 0 Å². The van der Waals surface area contributed by atoms with Crippen molar-refractivity contribution in [2.75, 3.05) is 7.11 Å². The fourth-order valence-electron chi connectivity index (χ4n) is 1.26. The van der Waals surface area contributed by atoms with Gasteiger partial charge in [-0.3, -0.25) is 4.79 Å². The van der Waals surface area contributed by atoms with Crippen molar-refractivity contribution >= 4 is 15.8 Å². The summed E-state index contributed by atoms with van der Waals surface area (Å²) >= 11 is 0. The van der Waals surface area contributed by atoms with Crippen LogP contribution in [0.15, 0.2) is 29.2 Å². The SMILES string of the molecule is COc1ccc(S(=O)(=O)C(N)C(N)C(=O)O)cc1. The zero-order valence-corrected chi connectivity index (χ0v) is 10.4. The van der Waals surface area contributed by atoms with Crippen molar-refractivity contribution in [3.63, 3.8) is 0 Å². The van der Waals surface area contributed by atoms with Crippen LogP contribution in [0.1, 0.15) is 0 Å². The van der Waals surface area contributed by atoms with E-state index in [1.807, 2.05) is 0 Å². The fourth-order valence-corrected chi connectivity index (χ4v) is 2.59. The van der Waals surface area contributed by atoms with Crippen LogP contribution in [-0.2, 0) is 14.6 Å². The van der Waals surface area contributed by atoms with Gasteiger partial charge in [-0.15, -0.1) is 0 Å². The molecule has 0 aliphatic rings. The zero-order valence-electron chi connectivity index (χ0n) is 9.61. The lowest BCUT2D eigenvalue weighted by molar-refractivity contribution is -0.138. The van der Waals surface area contributed by atoms with Crippen molar-refractivity contribution < 1.29 is 23.1 Å². The number of carboxylic acids is 1. The molecule has 0 saturated carbocycles. The number of nitrogens with two attached hydrogens (primary N) is 2. The molecule has 0 heterocycles. The summed E-state index contributed by atoms with van der Waals surface area (Å²) in [6.45, 7) is 0. The summed E-state index contributed by atoms with van der Waals surface area (Å²) in [7, 11) is -2.55. The van der Waals surface area contributed by atoms with Gasteiger partial charge in [0.1, 0.15) is 17.2 Å². The molecule has 0 fully saturated rings. The minimum Gasteiger partial charge on any atom is -0.497 e. The molecular formula is C10H14N2O5S. The lowest BCUT2D eigenvalue weighted by Gasteiger charge is -2.16. The number of methoxy groups -OCH3 is 1. The van der Waals surface area contributed by atoms with E-state index < -0.39 is 27.2 Å². The van der Waals surface area contributed by atoms with E-state index in [4.69, 9.17) is 21.3 Å². The molecule has 0 bridgehead atoms. The highest BCUT2D eigenvalue weighted by molar-refractivity contribution is 7.92. The lowest BCUT2D eigenvalue weighted by Crippen LogP contribution is -2.51. The number of carbonyl (C=O) groups is 1. The molecule has 0 spiro atoms. The van der Waals surface area contributed by atoms with Gasteiger partial charge in [0.25, 0.3) is 0 Å². The van der Waals surface area contributed by atoms with Crippen molar-refractivity contribution in [1.82, 2.24) is 0 Å². The Labute approximate surface area is 104 Å². The highest BCUT2D eigenvalue weighted by Crippen LogP contribution is 2.19. The first-order valence-electron chi connectivity index (χ1n) is 4.92. The van der Waals surface area contributed by atoms with E-state index >= 15 is 0 Å². The van der Waals surface area contributed by atoms with Gasteiger partial charge in [-0.25, -0.2) is 8.42 Å². The van der Waals surface area contributed by atoms with Crippen LogP contribution in [0, 0.1) is 0 Å². The summed E-state index contributed by atoms with van der Waals surface area (Å²) in [4.78, 5) is 10.5. The monoisotopic (exact) mass is 274 g/mol. The quantitative estimate of drug-likeness (QED) is 0.637. The van der Waals surface area contributed by atoms with Gasteiger partial charge in [0.05, 0.1) is 12.0 Å². The summed E-state index contributed by atoms with van der Waals surface area (Å²) in [6.07, 6.45) is 0. The van der Waals surface area contributed by atoms with Crippen LogP contribution < -0.4 is 16.2 Å². The van der Waals surface area contributed by atoms with Gasteiger partial charge in [-0.1, -0.05) is 0 Å². The fraction of sp³-hybridized carbons (Fsp3) is 0.300. The summed E-state index contributed by atoms with van der Waals surface area (Å²) < 4.78 is 28.8. The maximum atomic E-state index is 12.0. The molecule has 0 aliphatic carbocycles. The van der Waals surface area contributed by atoms with Crippen molar-refractivity contribution in [1.29, 1.82) is 0 Å². The number of hydrogen-bond donors (Lipinski definition) is 3. The Kier molecular flexibility index (Phi) is 4.28. The predicted molar refractivity (Wildman–Crippen MR) is 63.8 cm³/mol. The van der Waals surface area contributed by atoms with E-state index in [1.54, 1.807) is 0 Å². The molecule has 18 heavy (non-hydrogen) atoms. The molecule has 100 valence electrons. The average molecular weight is 274 g/mol. The molecule has 2 atom stereocenters. The largest absolute Gasteiger partial charge is 0.497 e. The lowest BCUT2D eigenvalue weighted by atomic mass is 10.3. The van der Waals surface area contributed by atoms with E-state index in [1.165, 1.54) is 31.4 Å². The molecule has 0 aliphatic heterocycles. The molecule has 1 rings (SSSR count). The zero-order chi connectivity index (χ0) is 13.9. The molecule has 0 amide bonds. The molecule has 0 radical (unpaired) electrons. The van der Waals surface area contributed by atoms with Gasteiger partial charge in [0.15, 0.2) is 9.84 Å². The van der Waals surface area contributed by atoms with Gasteiger partial charge in [-0.2, -0.15) is 0 Å². The number of rotatable bonds is 5. The average Bonchev–Trinajstić information content (AvgIpc) is 2.36. The number of hydrogen-bond acceptors (Lipinski definition) is 6. The third-order valence-corrected chi connectivity index (χ3v) is 4.32. The molecule has 0 saturated heterocycles. The molecule has 5 N–H and O–H groups in total. The summed E-state index contributed by atoms with van der Waals surface area (Å²) in [5.74, 6) is -0.996. The topological polar surface area (TPSA) is 133 Å². The third kappa shape index (κ3) is 2.78. The number of aliphatic carboxylic acids is 1. The number of carboxylic acid groups (broad SMARTS) is 1. The van der Waals surface area contributed by atoms with E-state index in [0.29, 0.717) is 5.75 Å². The summed E-state index contributed by atoms with van der Waals surface area (Å²) in [5, 5.41) is 6.95. The number of sulfone groups is 1. The van der Waals surface area contributed by atoms with Crippen LogP contribution in [0.5, 0.6) is 5.75 Å². The van der Waals surface area contributed by atoms with Gasteiger partial charge in [-0.05, 0) is 24.3 Å². The van der Waals surface area contributed by atoms with Crippen LogP contribution >= 0.6 is 0 Å². The predicted octanol–water partition coefficient (Wildman–Crippen LogP) is -0.834. The van der Waals surface area contributed by atoms with Crippen molar-refractivity contribution in [3.05, 3.63) is 24.3 Å². The molecule has 0 aromatic heterocycles. The molecule has 8 heteroatoms. The standard InChI is InChI=1S/C10H14N2O5S/c1-17-6-2-4-7(5-3-6)18(15,16)9(12)8(11)10(13)14/h2-5,8-9H,11-12H2,1H3,(H,13,14). The second-order valence-electron chi connectivity index (χ2n) is 3.55. The minimum absolute atomic E-state index is 0.104. The van der Waals surface area contributed by atoms with Crippen molar-refractivity contribution in [2.45, 2.75) is 16.3 Å². The van der Waals surface area contributed by atoms with E-state index in [2.05, 4.69) is 0 Å². The van der Waals surface area contributed by atoms with Crippen LogP contribution in [0.3, 0.4) is 0 Å². The van der Waals surface area contributed by atoms with E-state index in [0.717, 1.165) is 0 Å². The van der Waals surface area contributed by atoms with Crippen LogP contribution in [-0.4, -0.2) is 38.0 Å².